The minimum absolute atomic E-state index is 0.00627. The lowest BCUT2D eigenvalue weighted by atomic mass is 9.47. The summed E-state index contributed by atoms with van der Waals surface area (Å²) in [7, 11) is 0. The zero-order valence-electron chi connectivity index (χ0n) is 20.6. The van der Waals surface area contributed by atoms with Gasteiger partial charge in [0.15, 0.2) is 0 Å². The van der Waals surface area contributed by atoms with Gasteiger partial charge in [0.25, 0.3) is 0 Å². The van der Waals surface area contributed by atoms with Crippen molar-refractivity contribution in [3.05, 3.63) is 24.0 Å². The number of ether oxygens (including phenoxy) is 1. The summed E-state index contributed by atoms with van der Waals surface area (Å²) in [4.78, 5) is 23.5. The van der Waals surface area contributed by atoms with Crippen LogP contribution in [0.15, 0.2) is 24.0 Å². The first kappa shape index (κ1) is 25.2. The molecule has 33 heavy (non-hydrogen) atoms. The van der Waals surface area contributed by atoms with Gasteiger partial charge in [-0.1, -0.05) is 61.9 Å². The van der Waals surface area contributed by atoms with Gasteiger partial charge in [-0.25, -0.2) is 0 Å². The Bertz CT molecular complexity index is 795. The standard InChI is InChI=1S/C27H41BrO5/c1-6-8-16(3)32-33-18-9-11-26(4)17(13-18)14-22(29)24-19(26)10-12-27(5)20(24)15-21(28)25(27)31-23(30)7-2/h14,18-22,24-25,29H,3,6-13,15H2,1-2,4-5H3/t18-,19?,20?,21+,22?,24?,25-,26-,27-/m0/s1. The fourth-order valence-corrected chi connectivity index (χ4v) is 8.63. The Morgan fingerprint density at radius 2 is 2.00 bits per heavy atom. The lowest BCUT2D eigenvalue weighted by Crippen LogP contribution is -2.55. The van der Waals surface area contributed by atoms with E-state index in [4.69, 9.17) is 14.5 Å². The minimum Gasteiger partial charge on any atom is -0.461 e. The molecule has 0 radical (unpaired) electrons. The zero-order valence-corrected chi connectivity index (χ0v) is 22.2. The summed E-state index contributed by atoms with van der Waals surface area (Å²) in [5, 5.41) is 11.4. The van der Waals surface area contributed by atoms with E-state index in [2.05, 4.69) is 49.4 Å². The molecule has 3 fully saturated rings. The Kier molecular flexibility index (Phi) is 7.39. The van der Waals surface area contributed by atoms with Crippen molar-refractivity contribution < 1.29 is 24.4 Å². The molecule has 4 aliphatic carbocycles. The van der Waals surface area contributed by atoms with Crippen molar-refractivity contribution in [3.63, 3.8) is 0 Å². The smallest absolute Gasteiger partial charge is 0.305 e. The number of carbonyl (C=O) groups is 1. The molecule has 0 aromatic heterocycles. The Labute approximate surface area is 207 Å². The van der Waals surface area contributed by atoms with Crippen molar-refractivity contribution in [1.82, 2.24) is 0 Å². The van der Waals surface area contributed by atoms with E-state index in [-0.39, 0.29) is 39.8 Å². The Hall–Kier alpha value is -0.850. The first-order valence-electron chi connectivity index (χ1n) is 12.9. The first-order chi connectivity index (χ1) is 15.6. The van der Waals surface area contributed by atoms with Gasteiger partial charge in [-0.05, 0) is 68.1 Å². The van der Waals surface area contributed by atoms with E-state index < -0.39 is 6.10 Å². The quantitative estimate of drug-likeness (QED) is 0.106. The van der Waals surface area contributed by atoms with Crippen LogP contribution in [0.4, 0.5) is 0 Å². The molecule has 9 atom stereocenters. The second-order valence-electron chi connectivity index (χ2n) is 11.3. The summed E-state index contributed by atoms with van der Waals surface area (Å²) in [6, 6.07) is 0. The second kappa shape index (κ2) is 9.66. The highest BCUT2D eigenvalue weighted by atomic mass is 79.9. The Morgan fingerprint density at radius 3 is 2.70 bits per heavy atom. The van der Waals surface area contributed by atoms with Crippen LogP contribution in [-0.4, -0.2) is 34.2 Å². The van der Waals surface area contributed by atoms with E-state index in [1.807, 2.05) is 6.92 Å². The van der Waals surface area contributed by atoms with Crippen molar-refractivity contribution in [1.29, 1.82) is 0 Å². The van der Waals surface area contributed by atoms with Gasteiger partial charge in [0, 0.05) is 18.3 Å². The summed E-state index contributed by atoms with van der Waals surface area (Å²) in [6.45, 7) is 12.5. The first-order valence-corrected chi connectivity index (χ1v) is 13.8. The molecule has 0 saturated heterocycles. The minimum atomic E-state index is -0.474. The summed E-state index contributed by atoms with van der Waals surface area (Å²) < 4.78 is 5.95. The molecule has 4 aliphatic rings. The van der Waals surface area contributed by atoms with Gasteiger partial charge in [0.05, 0.1) is 10.9 Å². The summed E-state index contributed by atoms with van der Waals surface area (Å²) in [6.07, 6.45) is 9.52. The molecule has 0 aromatic carbocycles. The molecule has 6 heteroatoms. The molecule has 0 aliphatic heterocycles. The number of fused-ring (bicyclic) bond motifs is 5. The number of aliphatic hydroxyl groups is 1. The van der Waals surface area contributed by atoms with Gasteiger partial charge < -0.3 is 14.7 Å². The number of hydrogen-bond donors (Lipinski definition) is 1. The molecule has 0 heterocycles. The zero-order chi connectivity index (χ0) is 24.0. The summed E-state index contributed by atoms with van der Waals surface area (Å²) >= 11 is 3.84. The van der Waals surface area contributed by atoms with Crippen LogP contribution in [0.5, 0.6) is 0 Å². The molecule has 0 bridgehead atoms. The van der Waals surface area contributed by atoms with E-state index >= 15 is 0 Å². The van der Waals surface area contributed by atoms with Crippen LogP contribution in [0.3, 0.4) is 0 Å². The average molecular weight is 526 g/mol. The maximum absolute atomic E-state index is 12.1. The van der Waals surface area contributed by atoms with Gasteiger partial charge in [0.1, 0.15) is 18.0 Å². The van der Waals surface area contributed by atoms with Gasteiger partial charge in [0.2, 0.25) is 0 Å². The number of rotatable bonds is 7. The predicted molar refractivity (Wildman–Crippen MR) is 131 cm³/mol. The highest BCUT2D eigenvalue weighted by Gasteiger charge is 2.63. The van der Waals surface area contributed by atoms with Crippen molar-refractivity contribution in [2.45, 2.75) is 109 Å². The Balaban J connectivity index is 1.52. The van der Waals surface area contributed by atoms with Gasteiger partial charge in [-0.15, -0.1) is 0 Å². The number of carbonyl (C=O) groups excluding carboxylic acids is 1. The molecule has 0 amide bonds. The summed E-state index contributed by atoms with van der Waals surface area (Å²) in [5.41, 5.74) is 1.30. The topological polar surface area (TPSA) is 65.0 Å². The van der Waals surface area contributed by atoms with Crippen LogP contribution in [0.2, 0.25) is 0 Å². The van der Waals surface area contributed by atoms with Crippen molar-refractivity contribution >= 4 is 21.9 Å². The molecule has 4 rings (SSSR count). The highest BCUT2D eigenvalue weighted by Crippen LogP contribution is 2.66. The van der Waals surface area contributed by atoms with Crippen LogP contribution >= 0.6 is 15.9 Å². The third kappa shape index (κ3) is 4.45. The van der Waals surface area contributed by atoms with Crippen LogP contribution in [0, 0.1) is 28.6 Å². The van der Waals surface area contributed by atoms with Crippen LogP contribution in [0.1, 0.15) is 85.5 Å². The SMILES string of the molecule is C=C(CCC)OO[C@H]1CC[C@@]2(C)C(=CC(O)C3C2CC[C@@]2(C)C3C[C@@H](Br)[C@@H]2OC(=O)CC)C1. The number of aliphatic hydroxyl groups excluding tert-OH is 1. The molecule has 3 saturated carbocycles. The molecule has 1 N–H and O–H groups in total. The number of halogens is 1. The van der Waals surface area contributed by atoms with Crippen LogP contribution in [-0.2, 0) is 19.3 Å². The lowest BCUT2D eigenvalue weighted by molar-refractivity contribution is -0.301. The number of esters is 1. The molecule has 4 unspecified atom stereocenters. The van der Waals surface area contributed by atoms with Crippen molar-refractivity contribution in [2.75, 3.05) is 0 Å². The normalized spacial score (nSPS) is 44.2. The third-order valence-electron chi connectivity index (χ3n) is 9.36. The fraction of sp³-hybridized carbons (Fsp3) is 0.815. The van der Waals surface area contributed by atoms with E-state index in [0.717, 1.165) is 51.4 Å². The molecule has 5 nitrogen and oxygen atoms in total. The molecular weight excluding hydrogens is 484 g/mol. The largest absolute Gasteiger partial charge is 0.461 e. The fourth-order valence-electron chi connectivity index (χ4n) is 7.52. The van der Waals surface area contributed by atoms with Gasteiger partial charge in [-0.2, -0.15) is 4.89 Å². The molecule has 0 spiro atoms. The molecular formula is C27H41BrO5. The predicted octanol–water partition coefficient (Wildman–Crippen LogP) is 6.25. The van der Waals surface area contributed by atoms with Crippen LogP contribution in [0.25, 0.3) is 0 Å². The molecule has 186 valence electrons. The summed E-state index contributed by atoms with van der Waals surface area (Å²) in [5.74, 6) is 1.51. The lowest BCUT2D eigenvalue weighted by Gasteiger charge is -2.58. The van der Waals surface area contributed by atoms with E-state index in [9.17, 15) is 9.90 Å². The highest BCUT2D eigenvalue weighted by molar-refractivity contribution is 9.09. The van der Waals surface area contributed by atoms with E-state index in [0.29, 0.717) is 24.0 Å². The number of hydrogen-bond acceptors (Lipinski definition) is 5. The Morgan fingerprint density at radius 1 is 1.24 bits per heavy atom. The number of alkyl halides is 1. The maximum Gasteiger partial charge on any atom is 0.305 e. The third-order valence-corrected chi connectivity index (χ3v) is 10.2. The van der Waals surface area contributed by atoms with Crippen molar-refractivity contribution in [3.8, 4) is 0 Å². The van der Waals surface area contributed by atoms with Crippen molar-refractivity contribution in [2.24, 2.45) is 28.6 Å². The van der Waals surface area contributed by atoms with Gasteiger partial charge >= 0.3 is 5.97 Å². The number of allylic oxidation sites excluding steroid dienone is 1. The second-order valence-corrected chi connectivity index (χ2v) is 12.5. The van der Waals surface area contributed by atoms with E-state index in [1.54, 1.807) is 0 Å². The molecule has 0 aromatic rings. The van der Waals surface area contributed by atoms with E-state index in [1.165, 1.54) is 5.57 Å². The maximum atomic E-state index is 12.1. The monoisotopic (exact) mass is 524 g/mol. The average Bonchev–Trinajstić information content (AvgIpc) is 3.03. The van der Waals surface area contributed by atoms with Gasteiger partial charge in [-0.3, -0.25) is 4.79 Å². The van der Waals surface area contributed by atoms with Crippen LogP contribution < -0.4 is 0 Å².